The molecule has 0 unspecified atom stereocenters. The first kappa shape index (κ1) is 22.9. The molecular formula is C23H20BrClF2N6O. The fourth-order valence-electron chi connectivity index (χ4n) is 3.95. The number of hydrogen-bond acceptors (Lipinski definition) is 4. The third-order valence-corrected chi connectivity index (χ3v) is 6.67. The molecule has 34 heavy (non-hydrogen) atoms. The molecule has 1 amide bonds. The lowest BCUT2D eigenvalue weighted by atomic mass is 10.1. The second kappa shape index (κ2) is 9.07. The fraction of sp³-hybridized carbons (Fsp3) is 0.304. The summed E-state index contributed by atoms with van der Waals surface area (Å²) in [6.07, 6.45) is 0.954. The Labute approximate surface area is 207 Å². The zero-order valence-corrected chi connectivity index (χ0v) is 20.4. The van der Waals surface area contributed by atoms with E-state index in [1.807, 2.05) is 18.2 Å². The summed E-state index contributed by atoms with van der Waals surface area (Å²) in [5.74, 6) is 0.132. The SMILES string of the molecule is Cc1nn(CC(=O)Nc2nn(Cc3ccccc3Cl)cc2Br)c2nc(C3CC3)cc(C(F)F)c12. The van der Waals surface area contributed by atoms with Crippen molar-refractivity contribution in [3.05, 3.63) is 68.5 Å². The normalized spacial score (nSPS) is 13.7. The van der Waals surface area contributed by atoms with Gasteiger partial charge in [-0.1, -0.05) is 29.8 Å². The maximum absolute atomic E-state index is 13.8. The third kappa shape index (κ3) is 4.56. The maximum atomic E-state index is 13.8. The van der Waals surface area contributed by atoms with Crippen LogP contribution in [0.2, 0.25) is 5.02 Å². The molecule has 1 aliphatic carbocycles. The molecule has 1 N–H and O–H groups in total. The van der Waals surface area contributed by atoms with Crippen molar-refractivity contribution < 1.29 is 13.6 Å². The number of anilines is 1. The number of carbonyl (C=O) groups excluding carboxylic acids is 1. The Morgan fingerprint density at radius 3 is 2.76 bits per heavy atom. The highest BCUT2D eigenvalue weighted by molar-refractivity contribution is 9.10. The lowest BCUT2D eigenvalue weighted by molar-refractivity contribution is -0.116. The fourth-order valence-corrected chi connectivity index (χ4v) is 4.56. The summed E-state index contributed by atoms with van der Waals surface area (Å²) in [5.41, 5.74) is 2.15. The number of nitrogens with zero attached hydrogens (tertiary/aromatic N) is 5. The van der Waals surface area contributed by atoms with E-state index in [0.29, 0.717) is 44.3 Å². The number of amides is 1. The minimum absolute atomic E-state index is 0.0860. The van der Waals surface area contributed by atoms with Crippen molar-refractivity contribution in [3.63, 3.8) is 0 Å². The van der Waals surface area contributed by atoms with Crippen LogP contribution in [0.25, 0.3) is 11.0 Å². The van der Waals surface area contributed by atoms with Gasteiger partial charge in [0.15, 0.2) is 11.5 Å². The predicted molar refractivity (Wildman–Crippen MR) is 128 cm³/mol. The van der Waals surface area contributed by atoms with Crippen LogP contribution in [0.5, 0.6) is 0 Å². The predicted octanol–water partition coefficient (Wildman–Crippen LogP) is 5.85. The molecule has 4 aromatic rings. The molecule has 1 aliphatic rings. The van der Waals surface area contributed by atoms with E-state index in [1.165, 1.54) is 10.7 Å². The number of fused-ring (bicyclic) bond motifs is 1. The van der Waals surface area contributed by atoms with Crippen LogP contribution in [0.4, 0.5) is 14.6 Å². The highest BCUT2D eigenvalue weighted by Gasteiger charge is 2.29. The molecule has 7 nitrogen and oxygen atoms in total. The summed E-state index contributed by atoms with van der Waals surface area (Å²) in [6, 6.07) is 8.92. The molecule has 176 valence electrons. The van der Waals surface area contributed by atoms with Gasteiger partial charge in [0.25, 0.3) is 6.43 Å². The van der Waals surface area contributed by atoms with Crippen LogP contribution in [0.3, 0.4) is 0 Å². The number of aryl methyl sites for hydroxylation is 1. The molecule has 0 aliphatic heterocycles. The Kier molecular flexibility index (Phi) is 6.11. The number of benzene rings is 1. The van der Waals surface area contributed by atoms with Crippen molar-refractivity contribution in [2.24, 2.45) is 0 Å². The highest BCUT2D eigenvalue weighted by Crippen LogP contribution is 2.42. The standard InChI is InChI=1S/C23H20BrClF2N6O/c1-12-20-15(21(26)27)8-18(13-6-7-13)28-23(20)33(30-12)11-19(34)29-22-16(24)10-32(31-22)9-14-4-2-3-5-17(14)25/h2-5,8,10,13,21H,6-7,9,11H2,1H3,(H,29,31,34). The van der Waals surface area contributed by atoms with Gasteiger partial charge < -0.3 is 5.32 Å². The summed E-state index contributed by atoms with van der Waals surface area (Å²) in [5, 5.41) is 12.4. The summed E-state index contributed by atoms with van der Waals surface area (Å²) < 4.78 is 31.2. The first-order chi connectivity index (χ1) is 16.3. The maximum Gasteiger partial charge on any atom is 0.264 e. The number of nitrogens with one attached hydrogen (secondary N) is 1. The molecule has 0 saturated heterocycles. The highest BCUT2D eigenvalue weighted by atomic mass is 79.9. The molecule has 11 heteroatoms. The van der Waals surface area contributed by atoms with Crippen LogP contribution < -0.4 is 5.32 Å². The Balaban J connectivity index is 1.37. The second-order valence-corrected chi connectivity index (χ2v) is 9.58. The first-order valence-corrected chi connectivity index (χ1v) is 11.9. The molecule has 0 bridgehead atoms. The van der Waals surface area contributed by atoms with Crippen molar-refractivity contribution in [2.75, 3.05) is 5.32 Å². The molecule has 3 aromatic heterocycles. The first-order valence-electron chi connectivity index (χ1n) is 10.7. The van der Waals surface area contributed by atoms with Crippen molar-refractivity contribution in [2.45, 2.75) is 45.2 Å². The van der Waals surface area contributed by atoms with Crippen LogP contribution in [0, 0.1) is 6.92 Å². The Morgan fingerprint density at radius 2 is 2.06 bits per heavy atom. The Morgan fingerprint density at radius 1 is 1.29 bits per heavy atom. The van der Waals surface area contributed by atoms with Gasteiger partial charge in [-0.2, -0.15) is 10.2 Å². The molecule has 1 fully saturated rings. The van der Waals surface area contributed by atoms with Gasteiger partial charge in [0.05, 0.1) is 22.1 Å². The van der Waals surface area contributed by atoms with E-state index in [4.69, 9.17) is 11.6 Å². The van der Waals surface area contributed by atoms with Crippen LogP contribution in [0.15, 0.2) is 41.0 Å². The number of pyridine rings is 1. The van der Waals surface area contributed by atoms with Gasteiger partial charge in [-0.05, 0) is 53.4 Å². The van der Waals surface area contributed by atoms with Crippen molar-refractivity contribution in [1.29, 1.82) is 0 Å². The number of halogens is 4. The molecule has 1 aromatic carbocycles. The smallest absolute Gasteiger partial charge is 0.264 e. The minimum Gasteiger partial charge on any atom is -0.307 e. The lowest BCUT2D eigenvalue weighted by Gasteiger charge is -2.08. The second-order valence-electron chi connectivity index (χ2n) is 8.32. The van der Waals surface area contributed by atoms with E-state index < -0.39 is 12.3 Å². The summed E-state index contributed by atoms with van der Waals surface area (Å²) in [7, 11) is 0. The van der Waals surface area contributed by atoms with Crippen molar-refractivity contribution in [3.8, 4) is 0 Å². The van der Waals surface area contributed by atoms with Gasteiger partial charge in [0, 0.05) is 28.4 Å². The van der Waals surface area contributed by atoms with E-state index >= 15 is 0 Å². The summed E-state index contributed by atoms with van der Waals surface area (Å²) in [6.45, 7) is 1.90. The van der Waals surface area contributed by atoms with Crippen molar-refractivity contribution >= 4 is 50.3 Å². The zero-order chi connectivity index (χ0) is 24.0. The van der Waals surface area contributed by atoms with Crippen molar-refractivity contribution in [1.82, 2.24) is 24.5 Å². The Hall–Kier alpha value is -2.85. The van der Waals surface area contributed by atoms with Gasteiger partial charge in [-0.15, -0.1) is 0 Å². The van der Waals surface area contributed by atoms with Crippen LogP contribution in [-0.4, -0.2) is 30.5 Å². The van der Waals surface area contributed by atoms with Crippen LogP contribution in [0.1, 0.15) is 47.7 Å². The lowest BCUT2D eigenvalue weighted by Crippen LogP contribution is -2.20. The molecule has 3 heterocycles. The number of carbonyl (C=O) groups is 1. The van der Waals surface area contributed by atoms with Gasteiger partial charge in [0.2, 0.25) is 5.91 Å². The van der Waals surface area contributed by atoms with Gasteiger partial charge in [-0.25, -0.2) is 18.4 Å². The third-order valence-electron chi connectivity index (χ3n) is 5.72. The quantitative estimate of drug-likeness (QED) is 0.314. The Bertz CT molecular complexity index is 1400. The van der Waals surface area contributed by atoms with E-state index in [9.17, 15) is 13.6 Å². The van der Waals surface area contributed by atoms with Gasteiger partial charge in [0.1, 0.15) is 6.54 Å². The molecule has 5 rings (SSSR count). The number of rotatable bonds is 7. The summed E-state index contributed by atoms with van der Waals surface area (Å²) >= 11 is 9.64. The van der Waals surface area contributed by atoms with E-state index in [1.54, 1.807) is 23.9 Å². The minimum atomic E-state index is -2.65. The summed E-state index contributed by atoms with van der Waals surface area (Å²) in [4.78, 5) is 17.4. The van der Waals surface area contributed by atoms with Crippen LogP contribution in [-0.2, 0) is 17.9 Å². The van der Waals surface area contributed by atoms with E-state index in [-0.39, 0.29) is 18.0 Å². The van der Waals surface area contributed by atoms with Gasteiger partial charge >= 0.3 is 0 Å². The number of aromatic nitrogens is 5. The average molecular weight is 550 g/mol. The zero-order valence-electron chi connectivity index (χ0n) is 18.1. The van der Waals surface area contributed by atoms with Crippen LogP contribution >= 0.6 is 27.5 Å². The molecular weight excluding hydrogens is 530 g/mol. The number of hydrogen-bond donors (Lipinski definition) is 1. The molecule has 0 radical (unpaired) electrons. The largest absolute Gasteiger partial charge is 0.307 e. The monoisotopic (exact) mass is 548 g/mol. The van der Waals surface area contributed by atoms with E-state index in [0.717, 1.165) is 18.4 Å². The number of alkyl halides is 2. The van der Waals surface area contributed by atoms with E-state index in [2.05, 4.69) is 36.4 Å². The van der Waals surface area contributed by atoms with Gasteiger partial charge in [-0.3, -0.25) is 9.48 Å². The topological polar surface area (TPSA) is 77.6 Å². The molecule has 0 spiro atoms. The molecule has 1 saturated carbocycles. The molecule has 0 atom stereocenters. The average Bonchev–Trinajstić information content (AvgIpc) is 3.52.